The van der Waals surface area contributed by atoms with Gasteiger partial charge in [-0.25, -0.2) is 19.9 Å². The average molecular weight is 242 g/mol. The third-order valence-electron chi connectivity index (χ3n) is 3.02. The minimum atomic E-state index is 0.546. The predicted octanol–water partition coefficient (Wildman–Crippen LogP) is 0.791. The van der Waals surface area contributed by atoms with Crippen LogP contribution in [0.5, 0.6) is 0 Å². The van der Waals surface area contributed by atoms with Gasteiger partial charge in [-0.15, -0.1) is 0 Å². The first-order valence-corrected chi connectivity index (χ1v) is 5.87. The van der Waals surface area contributed by atoms with Crippen molar-refractivity contribution in [3.05, 3.63) is 29.6 Å². The van der Waals surface area contributed by atoms with Crippen LogP contribution in [0.4, 0.5) is 0 Å². The number of hydrogen-bond donors (Lipinski definition) is 1. The van der Waals surface area contributed by atoms with Crippen LogP contribution in [0, 0.1) is 13.8 Å². The molecule has 0 atom stereocenters. The highest BCUT2D eigenvalue weighted by atomic mass is 15.1. The normalized spacial score (nSPS) is 11.5. The van der Waals surface area contributed by atoms with Crippen LogP contribution in [0.3, 0.4) is 0 Å². The average Bonchev–Trinajstić information content (AvgIpc) is 2.82. The smallest absolute Gasteiger partial charge is 0.184 e. The molecule has 3 aromatic rings. The summed E-state index contributed by atoms with van der Waals surface area (Å²) in [6.45, 7) is 4.42. The number of imidazole rings is 1. The molecule has 0 aliphatic rings. The maximum absolute atomic E-state index is 5.61. The van der Waals surface area contributed by atoms with Gasteiger partial charge in [0.15, 0.2) is 16.8 Å². The van der Waals surface area contributed by atoms with Crippen LogP contribution in [0.2, 0.25) is 0 Å². The number of hydrogen-bond acceptors (Lipinski definition) is 5. The SMILES string of the molecule is Cc1nc2nc(CCN)n3ccnc3c2nc1C. The van der Waals surface area contributed by atoms with E-state index < -0.39 is 0 Å². The van der Waals surface area contributed by atoms with Crippen molar-refractivity contribution < 1.29 is 0 Å². The fraction of sp³-hybridized carbons (Fsp3) is 0.333. The first-order chi connectivity index (χ1) is 8.70. The Balaban J connectivity index is 2.43. The minimum Gasteiger partial charge on any atom is -0.330 e. The van der Waals surface area contributed by atoms with Crippen LogP contribution in [-0.2, 0) is 6.42 Å². The molecule has 0 fully saturated rings. The molecule has 0 aliphatic heterocycles. The molecule has 18 heavy (non-hydrogen) atoms. The van der Waals surface area contributed by atoms with Gasteiger partial charge in [-0.05, 0) is 20.4 Å². The lowest BCUT2D eigenvalue weighted by Crippen LogP contribution is -2.10. The second kappa shape index (κ2) is 3.99. The maximum Gasteiger partial charge on any atom is 0.184 e. The van der Waals surface area contributed by atoms with Crippen LogP contribution in [0.25, 0.3) is 16.8 Å². The van der Waals surface area contributed by atoms with Crippen molar-refractivity contribution in [3.63, 3.8) is 0 Å². The Morgan fingerprint density at radius 2 is 1.94 bits per heavy atom. The molecular weight excluding hydrogens is 228 g/mol. The van der Waals surface area contributed by atoms with Crippen molar-refractivity contribution in [1.29, 1.82) is 0 Å². The molecule has 0 unspecified atom stereocenters. The zero-order valence-electron chi connectivity index (χ0n) is 10.4. The van der Waals surface area contributed by atoms with Gasteiger partial charge >= 0.3 is 0 Å². The standard InChI is InChI=1S/C12H14N6/c1-7-8(2)16-11-10(15-7)12-14-5-6-18(12)9(17-11)3-4-13/h5-6H,3-4,13H2,1-2H3. The number of nitrogens with two attached hydrogens (primary N) is 1. The number of fused-ring (bicyclic) bond motifs is 3. The first-order valence-electron chi connectivity index (χ1n) is 5.87. The van der Waals surface area contributed by atoms with Gasteiger partial charge in [-0.3, -0.25) is 4.40 Å². The summed E-state index contributed by atoms with van der Waals surface area (Å²) in [6.07, 6.45) is 4.31. The van der Waals surface area contributed by atoms with E-state index in [2.05, 4.69) is 19.9 Å². The third-order valence-corrected chi connectivity index (χ3v) is 3.02. The fourth-order valence-electron chi connectivity index (χ4n) is 1.99. The zero-order valence-corrected chi connectivity index (χ0v) is 10.4. The summed E-state index contributed by atoms with van der Waals surface area (Å²) in [6, 6.07) is 0. The Bertz CT molecular complexity index is 730. The number of aromatic nitrogens is 5. The zero-order chi connectivity index (χ0) is 12.7. The van der Waals surface area contributed by atoms with Gasteiger partial charge in [0, 0.05) is 18.8 Å². The summed E-state index contributed by atoms with van der Waals surface area (Å²) in [5.41, 5.74) is 9.57. The number of rotatable bonds is 2. The van der Waals surface area contributed by atoms with E-state index in [-0.39, 0.29) is 0 Å². The second-order valence-electron chi connectivity index (χ2n) is 4.25. The summed E-state index contributed by atoms with van der Waals surface area (Å²) in [5.74, 6) is 0.870. The summed E-state index contributed by atoms with van der Waals surface area (Å²) in [5, 5.41) is 0. The molecule has 0 saturated heterocycles. The van der Waals surface area contributed by atoms with Crippen LogP contribution in [0.15, 0.2) is 12.4 Å². The highest BCUT2D eigenvalue weighted by molar-refractivity contribution is 5.85. The molecule has 6 nitrogen and oxygen atoms in total. The van der Waals surface area contributed by atoms with E-state index in [9.17, 15) is 0 Å². The maximum atomic E-state index is 5.61. The van der Waals surface area contributed by atoms with Crippen molar-refractivity contribution >= 4 is 16.8 Å². The molecule has 0 amide bonds. The summed E-state index contributed by atoms with van der Waals surface area (Å²) in [7, 11) is 0. The van der Waals surface area contributed by atoms with E-state index in [0.29, 0.717) is 18.6 Å². The Labute approximate surface area is 104 Å². The summed E-state index contributed by atoms with van der Waals surface area (Å²) < 4.78 is 1.93. The lowest BCUT2D eigenvalue weighted by Gasteiger charge is -2.07. The van der Waals surface area contributed by atoms with E-state index in [0.717, 1.165) is 28.4 Å². The summed E-state index contributed by atoms with van der Waals surface area (Å²) >= 11 is 0. The van der Waals surface area contributed by atoms with Gasteiger partial charge in [0.2, 0.25) is 0 Å². The molecule has 92 valence electrons. The van der Waals surface area contributed by atoms with E-state index in [1.165, 1.54) is 0 Å². The van der Waals surface area contributed by atoms with E-state index >= 15 is 0 Å². The summed E-state index contributed by atoms with van der Waals surface area (Å²) in [4.78, 5) is 17.9. The topological polar surface area (TPSA) is 82.0 Å². The van der Waals surface area contributed by atoms with Crippen LogP contribution in [-0.4, -0.2) is 30.9 Å². The molecule has 0 saturated carbocycles. The molecular formula is C12H14N6. The number of aryl methyl sites for hydroxylation is 2. The van der Waals surface area contributed by atoms with Crippen molar-refractivity contribution in [2.45, 2.75) is 20.3 Å². The van der Waals surface area contributed by atoms with Crippen LogP contribution < -0.4 is 5.73 Å². The minimum absolute atomic E-state index is 0.546. The molecule has 0 aliphatic carbocycles. The molecule has 0 spiro atoms. The Morgan fingerprint density at radius 3 is 2.72 bits per heavy atom. The first kappa shape index (κ1) is 11.0. The highest BCUT2D eigenvalue weighted by Gasteiger charge is 2.12. The monoisotopic (exact) mass is 242 g/mol. The molecule has 0 bridgehead atoms. The van der Waals surface area contributed by atoms with Crippen molar-refractivity contribution in [2.75, 3.05) is 6.54 Å². The molecule has 3 rings (SSSR count). The van der Waals surface area contributed by atoms with Crippen molar-refractivity contribution in [3.8, 4) is 0 Å². The molecule has 3 heterocycles. The molecule has 0 aromatic carbocycles. The Hall–Kier alpha value is -2.08. The largest absolute Gasteiger partial charge is 0.330 e. The van der Waals surface area contributed by atoms with E-state index in [1.54, 1.807) is 6.20 Å². The Kier molecular flexibility index (Phi) is 2.45. The second-order valence-corrected chi connectivity index (χ2v) is 4.25. The highest BCUT2D eigenvalue weighted by Crippen LogP contribution is 2.16. The number of nitrogens with zero attached hydrogens (tertiary/aromatic N) is 5. The van der Waals surface area contributed by atoms with Gasteiger partial charge in [0.05, 0.1) is 11.4 Å². The van der Waals surface area contributed by atoms with Crippen LogP contribution >= 0.6 is 0 Å². The molecule has 0 radical (unpaired) electrons. The van der Waals surface area contributed by atoms with Crippen molar-refractivity contribution in [1.82, 2.24) is 24.3 Å². The van der Waals surface area contributed by atoms with E-state index in [1.807, 2.05) is 24.4 Å². The third kappa shape index (κ3) is 1.53. The molecule has 3 aromatic heterocycles. The van der Waals surface area contributed by atoms with Gasteiger partial charge < -0.3 is 5.73 Å². The fourth-order valence-corrected chi connectivity index (χ4v) is 1.99. The van der Waals surface area contributed by atoms with Gasteiger partial charge in [-0.1, -0.05) is 0 Å². The van der Waals surface area contributed by atoms with Gasteiger partial charge in [0.25, 0.3) is 0 Å². The van der Waals surface area contributed by atoms with Crippen LogP contribution in [0.1, 0.15) is 17.2 Å². The predicted molar refractivity (Wildman–Crippen MR) is 68.3 cm³/mol. The lowest BCUT2D eigenvalue weighted by molar-refractivity contribution is 0.844. The van der Waals surface area contributed by atoms with Gasteiger partial charge in [0.1, 0.15) is 5.82 Å². The Morgan fingerprint density at radius 1 is 1.17 bits per heavy atom. The van der Waals surface area contributed by atoms with Gasteiger partial charge in [-0.2, -0.15) is 0 Å². The molecule has 2 N–H and O–H groups in total. The lowest BCUT2D eigenvalue weighted by atomic mass is 10.3. The van der Waals surface area contributed by atoms with E-state index in [4.69, 9.17) is 5.73 Å². The molecule has 6 heteroatoms. The van der Waals surface area contributed by atoms with Crippen molar-refractivity contribution in [2.24, 2.45) is 5.73 Å². The quantitative estimate of drug-likeness (QED) is 0.718.